The van der Waals surface area contributed by atoms with Crippen molar-refractivity contribution < 1.29 is 19.4 Å². The van der Waals surface area contributed by atoms with Crippen molar-refractivity contribution in [3.8, 4) is 17.4 Å². The molecule has 2 aromatic rings. The summed E-state index contributed by atoms with van der Waals surface area (Å²) in [6, 6.07) is 10.4. The lowest BCUT2D eigenvalue weighted by Gasteiger charge is -2.09. The fourth-order valence-corrected chi connectivity index (χ4v) is 1.85. The molecule has 3 N–H and O–H groups in total. The highest BCUT2D eigenvalue weighted by Gasteiger charge is 2.04. The van der Waals surface area contributed by atoms with Crippen molar-refractivity contribution >= 4 is 6.03 Å². The monoisotopic (exact) mass is 331 g/mol. The highest BCUT2D eigenvalue weighted by atomic mass is 16.5. The van der Waals surface area contributed by atoms with E-state index >= 15 is 0 Å². The van der Waals surface area contributed by atoms with Crippen LogP contribution in [0.5, 0.6) is 17.4 Å². The molecular weight excluding hydrogens is 310 g/mol. The number of nitrogens with one attached hydrogen (secondary N) is 2. The molecule has 7 heteroatoms. The molecule has 0 radical (unpaired) electrons. The number of aromatic nitrogens is 1. The smallest absolute Gasteiger partial charge is 0.315 e. The van der Waals surface area contributed by atoms with Crippen LogP contribution in [0.2, 0.25) is 0 Å². The highest BCUT2D eigenvalue weighted by molar-refractivity contribution is 5.73. The average Bonchev–Trinajstić information content (AvgIpc) is 2.59. The van der Waals surface area contributed by atoms with Crippen LogP contribution >= 0.6 is 0 Å². The molecule has 0 saturated heterocycles. The molecule has 1 atom stereocenters. The summed E-state index contributed by atoms with van der Waals surface area (Å²) in [5, 5.41) is 14.3. The maximum absolute atomic E-state index is 11.5. The van der Waals surface area contributed by atoms with E-state index in [1.54, 1.807) is 32.4 Å². The second-order valence-corrected chi connectivity index (χ2v) is 5.20. The molecule has 0 aliphatic heterocycles. The van der Waals surface area contributed by atoms with E-state index in [-0.39, 0.29) is 12.6 Å². The lowest BCUT2D eigenvalue weighted by molar-refractivity contribution is 0.187. The number of benzene rings is 1. The Labute approximate surface area is 140 Å². The number of urea groups is 1. The Balaban J connectivity index is 1.85. The van der Waals surface area contributed by atoms with Crippen LogP contribution in [0.15, 0.2) is 42.6 Å². The lowest BCUT2D eigenvalue weighted by atomic mass is 10.3. The zero-order valence-electron chi connectivity index (χ0n) is 13.7. The van der Waals surface area contributed by atoms with Crippen molar-refractivity contribution in [1.29, 1.82) is 0 Å². The normalized spacial score (nSPS) is 11.5. The maximum Gasteiger partial charge on any atom is 0.315 e. The number of pyridine rings is 1. The van der Waals surface area contributed by atoms with Crippen LogP contribution in [0.3, 0.4) is 0 Å². The maximum atomic E-state index is 11.5. The van der Waals surface area contributed by atoms with Gasteiger partial charge >= 0.3 is 6.03 Å². The first kappa shape index (κ1) is 17.6. The third-order valence-corrected chi connectivity index (χ3v) is 3.07. The molecule has 1 heterocycles. The largest absolute Gasteiger partial charge is 0.497 e. The Morgan fingerprint density at radius 3 is 2.71 bits per heavy atom. The highest BCUT2D eigenvalue weighted by Crippen LogP contribution is 2.23. The summed E-state index contributed by atoms with van der Waals surface area (Å²) in [6.07, 6.45) is 1.05. The lowest BCUT2D eigenvalue weighted by Crippen LogP contribution is -2.38. The van der Waals surface area contributed by atoms with E-state index in [1.165, 1.54) is 0 Å². The van der Waals surface area contributed by atoms with Crippen molar-refractivity contribution in [2.45, 2.75) is 19.6 Å². The van der Waals surface area contributed by atoms with Crippen molar-refractivity contribution in [2.24, 2.45) is 0 Å². The number of aliphatic hydroxyl groups is 1. The van der Waals surface area contributed by atoms with Gasteiger partial charge in [-0.05, 0) is 24.6 Å². The van der Waals surface area contributed by atoms with E-state index in [0.717, 1.165) is 5.56 Å². The number of rotatable bonds is 7. The van der Waals surface area contributed by atoms with E-state index in [9.17, 15) is 4.79 Å². The van der Waals surface area contributed by atoms with Gasteiger partial charge in [0.1, 0.15) is 11.5 Å². The van der Waals surface area contributed by atoms with Gasteiger partial charge in [-0.1, -0.05) is 12.1 Å². The van der Waals surface area contributed by atoms with Gasteiger partial charge in [-0.3, -0.25) is 0 Å². The van der Waals surface area contributed by atoms with Gasteiger partial charge in [0.15, 0.2) is 0 Å². The van der Waals surface area contributed by atoms with Crippen molar-refractivity contribution in [1.82, 2.24) is 15.6 Å². The molecule has 0 fully saturated rings. The molecule has 2 rings (SSSR count). The van der Waals surface area contributed by atoms with Gasteiger partial charge in [-0.15, -0.1) is 0 Å². The Hall–Kier alpha value is -2.80. The van der Waals surface area contributed by atoms with Crippen LogP contribution in [0.1, 0.15) is 12.5 Å². The quantitative estimate of drug-likeness (QED) is 0.722. The number of methoxy groups -OCH3 is 1. The third-order valence-electron chi connectivity index (χ3n) is 3.07. The Bertz CT molecular complexity index is 659. The summed E-state index contributed by atoms with van der Waals surface area (Å²) in [6.45, 7) is 2.14. The summed E-state index contributed by atoms with van der Waals surface area (Å²) >= 11 is 0. The molecule has 1 aromatic heterocycles. The number of ether oxygens (including phenoxy) is 2. The van der Waals surface area contributed by atoms with Crippen molar-refractivity contribution in [3.05, 3.63) is 48.2 Å². The van der Waals surface area contributed by atoms with Gasteiger partial charge in [-0.25, -0.2) is 9.78 Å². The molecule has 0 aliphatic carbocycles. The van der Waals surface area contributed by atoms with Gasteiger partial charge in [0.2, 0.25) is 5.88 Å². The van der Waals surface area contributed by atoms with Crippen LogP contribution in [-0.2, 0) is 6.54 Å². The number of hydrogen-bond donors (Lipinski definition) is 3. The summed E-state index contributed by atoms with van der Waals surface area (Å²) in [5.41, 5.74) is 0.834. The van der Waals surface area contributed by atoms with E-state index in [4.69, 9.17) is 14.6 Å². The summed E-state index contributed by atoms with van der Waals surface area (Å²) in [4.78, 5) is 15.7. The summed E-state index contributed by atoms with van der Waals surface area (Å²) < 4.78 is 10.8. The van der Waals surface area contributed by atoms with Crippen molar-refractivity contribution in [3.63, 3.8) is 0 Å². The molecule has 1 unspecified atom stereocenters. The standard InChI is InChI=1S/C17H21N3O4/c1-12(21)9-19-17(22)20-11-13-6-7-16(18-10-13)24-15-5-3-4-14(8-15)23-2/h3-8,10,12,21H,9,11H2,1-2H3,(H2,19,20,22). The average molecular weight is 331 g/mol. The predicted molar refractivity (Wildman–Crippen MR) is 89.2 cm³/mol. The minimum absolute atomic E-state index is 0.206. The molecule has 0 bridgehead atoms. The van der Waals surface area contributed by atoms with Crippen LogP contribution < -0.4 is 20.1 Å². The Morgan fingerprint density at radius 1 is 1.25 bits per heavy atom. The molecule has 7 nitrogen and oxygen atoms in total. The van der Waals surface area contributed by atoms with Gasteiger partial charge in [0.05, 0.1) is 13.2 Å². The first-order valence-electron chi connectivity index (χ1n) is 7.53. The van der Waals surface area contributed by atoms with Gasteiger partial charge < -0.3 is 25.2 Å². The molecule has 1 aromatic carbocycles. The molecule has 0 saturated carbocycles. The molecule has 24 heavy (non-hydrogen) atoms. The number of carbonyl (C=O) groups is 1. The van der Waals surface area contributed by atoms with E-state index in [1.807, 2.05) is 24.3 Å². The SMILES string of the molecule is COc1cccc(Oc2ccc(CNC(=O)NCC(C)O)cn2)c1. The van der Waals surface area contributed by atoms with Crippen LogP contribution in [-0.4, -0.2) is 35.9 Å². The Kier molecular flexibility index (Phi) is 6.39. The molecule has 128 valence electrons. The zero-order chi connectivity index (χ0) is 17.4. The van der Waals surface area contributed by atoms with Crippen LogP contribution in [0.4, 0.5) is 4.79 Å². The number of nitrogens with zero attached hydrogens (tertiary/aromatic N) is 1. The minimum Gasteiger partial charge on any atom is -0.497 e. The van der Waals surface area contributed by atoms with E-state index in [2.05, 4.69) is 15.6 Å². The fraction of sp³-hybridized carbons (Fsp3) is 0.294. The number of aliphatic hydroxyl groups excluding tert-OH is 1. The molecule has 2 amide bonds. The van der Waals surface area contributed by atoms with Gasteiger partial charge in [-0.2, -0.15) is 0 Å². The van der Waals surface area contributed by atoms with E-state index in [0.29, 0.717) is 23.9 Å². The number of carbonyl (C=O) groups excluding carboxylic acids is 1. The molecule has 0 spiro atoms. The first-order chi connectivity index (χ1) is 11.6. The van der Waals surface area contributed by atoms with Crippen molar-refractivity contribution in [2.75, 3.05) is 13.7 Å². The fourth-order valence-electron chi connectivity index (χ4n) is 1.85. The molecular formula is C17H21N3O4. The number of amides is 2. The Morgan fingerprint density at radius 2 is 2.04 bits per heavy atom. The van der Waals surface area contributed by atoms with Crippen LogP contribution in [0.25, 0.3) is 0 Å². The van der Waals surface area contributed by atoms with Crippen LogP contribution in [0, 0.1) is 0 Å². The minimum atomic E-state index is -0.578. The number of hydrogen-bond acceptors (Lipinski definition) is 5. The molecule has 0 aliphatic rings. The second kappa shape index (κ2) is 8.73. The predicted octanol–water partition coefficient (Wildman–Crippen LogP) is 2.06. The first-order valence-corrected chi connectivity index (χ1v) is 7.53. The van der Waals surface area contributed by atoms with E-state index < -0.39 is 6.10 Å². The topological polar surface area (TPSA) is 92.7 Å². The summed E-state index contributed by atoms with van der Waals surface area (Å²) in [5.74, 6) is 1.78. The zero-order valence-corrected chi connectivity index (χ0v) is 13.7. The second-order valence-electron chi connectivity index (χ2n) is 5.20. The van der Waals surface area contributed by atoms with Gasteiger partial charge in [0, 0.05) is 31.4 Å². The third kappa shape index (κ3) is 5.77. The van der Waals surface area contributed by atoms with Gasteiger partial charge in [0.25, 0.3) is 0 Å². The summed E-state index contributed by atoms with van der Waals surface area (Å²) in [7, 11) is 1.59.